The second kappa shape index (κ2) is 8.23. The van der Waals surface area contributed by atoms with Gasteiger partial charge in [-0.2, -0.15) is 0 Å². The number of aliphatic hydroxyl groups excluding tert-OH is 4. The summed E-state index contributed by atoms with van der Waals surface area (Å²) in [7, 11) is 0. The Hall–Kier alpha value is -2.89. The Labute approximate surface area is 164 Å². The van der Waals surface area contributed by atoms with Crippen molar-refractivity contribution in [3.8, 4) is 28.4 Å². The van der Waals surface area contributed by atoms with Crippen molar-refractivity contribution in [2.45, 2.75) is 30.7 Å². The van der Waals surface area contributed by atoms with E-state index >= 15 is 0 Å². The van der Waals surface area contributed by atoms with E-state index in [0.29, 0.717) is 0 Å². The topological polar surface area (TPSA) is 177 Å². The molecule has 29 heavy (non-hydrogen) atoms. The molecule has 156 valence electrons. The summed E-state index contributed by atoms with van der Waals surface area (Å²) in [6.45, 7) is -0.710. The Bertz CT molecular complexity index is 897. The van der Waals surface area contributed by atoms with Crippen LogP contribution in [0.1, 0.15) is 10.4 Å². The molecule has 0 aliphatic carbocycles. The van der Waals surface area contributed by atoms with Crippen LogP contribution in [0.25, 0.3) is 11.1 Å². The fraction of sp³-hybridized carbons (Fsp3) is 0.316. The van der Waals surface area contributed by atoms with E-state index in [1.807, 2.05) is 0 Å². The Morgan fingerprint density at radius 1 is 0.966 bits per heavy atom. The van der Waals surface area contributed by atoms with Crippen molar-refractivity contribution in [1.29, 1.82) is 0 Å². The highest BCUT2D eigenvalue weighted by Gasteiger charge is 2.45. The van der Waals surface area contributed by atoms with Crippen LogP contribution in [-0.4, -0.2) is 79.0 Å². The Morgan fingerprint density at radius 3 is 2.34 bits per heavy atom. The van der Waals surface area contributed by atoms with Gasteiger partial charge in [-0.25, -0.2) is 4.79 Å². The number of benzene rings is 2. The van der Waals surface area contributed by atoms with Crippen molar-refractivity contribution in [2.75, 3.05) is 6.61 Å². The number of carbonyl (C=O) groups excluding carboxylic acids is 1. The average Bonchev–Trinajstić information content (AvgIpc) is 2.67. The fourth-order valence-electron chi connectivity index (χ4n) is 3.06. The molecular weight excluding hydrogens is 388 g/mol. The third kappa shape index (κ3) is 4.11. The number of rotatable bonds is 4. The second-order valence-electron chi connectivity index (χ2n) is 6.54. The highest BCUT2D eigenvalue weighted by atomic mass is 16.7. The summed E-state index contributed by atoms with van der Waals surface area (Å²) >= 11 is 0. The highest BCUT2D eigenvalue weighted by molar-refractivity contribution is 6.00. The van der Waals surface area contributed by atoms with Crippen molar-refractivity contribution in [3.63, 3.8) is 0 Å². The summed E-state index contributed by atoms with van der Waals surface area (Å²) in [5, 5.41) is 68.5. The number of aliphatic hydroxyl groups is 4. The molecule has 5 unspecified atom stereocenters. The maximum absolute atomic E-state index is 12.7. The number of phenolic OH excluding ortho intramolecular Hbond substituents is 3. The van der Waals surface area contributed by atoms with Crippen LogP contribution in [0.4, 0.5) is 0 Å². The van der Waals surface area contributed by atoms with E-state index in [9.17, 15) is 40.5 Å². The van der Waals surface area contributed by atoms with E-state index < -0.39 is 54.6 Å². The van der Waals surface area contributed by atoms with E-state index in [4.69, 9.17) is 9.47 Å². The molecule has 10 heteroatoms. The van der Waals surface area contributed by atoms with Crippen molar-refractivity contribution in [2.24, 2.45) is 0 Å². The highest BCUT2D eigenvalue weighted by Crippen LogP contribution is 2.36. The lowest BCUT2D eigenvalue weighted by molar-refractivity contribution is -0.285. The first-order chi connectivity index (χ1) is 13.7. The maximum atomic E-state index is 12.7. The van der Waals surface area contributed by atoms with Crippen LogP contribution < -0.4 is 0 Å². The molecule has 2 aromatic rings. The molecule has 5 atom stereocenters. The molecule has 1 saturated heterocycles. The lowest BCUT2D eigenvalue weighted by Gasteiger charge is -2.39. The minimum absolute atomic E-state index is 0.0213. The summed E-state index contributed by atoms with van der Waals surface area (Å²) in [6.07, 6.45) is -8.23. The van der Waals surface area contributed by atoms with Crippen LogP contribution in [0.15, 0.2) is 36.4 Å². The molecule has 2 aromatic carbocycles. The molecule has 1 aliphatic rings. The molecule has 0 saturated carbocycles. The molecule has 1 fully saturated rings. The Kier molecular flexibility index (Phi) is 5.91. The van der Waals surface area contributed by atoms with Gasteiger partial charge in [-0.15, -0.1) is 0 Å². The third-order valence-corrected chi connectivity index (χ3v) is 4.54. The first kappa shape index (κ1) is 20.8. The Balaban J connectivity index is 1.95. The molecule has 7 N–H and O–H groups in total. The number of carbonyl (C=O) groups is 1. The van der Waals surface area contributed by atoms with Crippen LogP contribution in [0.3, 0.4) is 0 Å². The molecule has 0 radical (unpaired) electrons. The number of esters is 1. The van der Waals surface area contributed by atoms with Crippen LogP contribution in [0.2, 0.25) is 0 Å². The molecule has 0 bridgehead atoms. The van der Waals surface area contributed by atoms with E-state index in [1.54, 1.807) is 0 Å². The number of aromatic hydroxyl groups is 3. The van der Waals surface area contributed by atoms with Gasteiger partial charge in [0, 0.05) is 11.6 Å². The standard InChI is InChI=1S/C19H20O10/c20-7-13-15(24)16(25)17(26)19(28-13)29-18(27)14-11(5-10(22)6-12(14)23)8-2-1-3-9(21)4-8/h1-6,13,15-17,19-26H,7H2. The second-order valence-corrected chi connectivity index (χ2v) is 6.54. The predicted molar refractivity (Wildman–Crippen MR) is 96.1 cm³/mol. The summed E-state index contributed by atoms with van der Waals surface area (Å²) in [4.78, 5) is 12.7. The molecule has 3 rings (SSSR count). The number of ether oxygens (including phenoxy) is 2. The smallest absolute Gasteiger partial charge is 0.344 e. The van der Waals surface area contributed by atoms with Gasteiger partial charge in [0.2, 0.25) is 6.29 Å². The quantitative estimate of drug-likeness (QED) is 0.324. The largest absolute Gasteiger partial charge is 0.508 e. The van der Waals surface area contributed by atoms with Gasteiger partial charge in [0.25, 0.3) is 0 Å². The van der Waals surface area contributed by atoms with Gasteiger partial charge in [-0.05, 0) is 23.8 Å². The van der Waals surface area contributed by atoms with Gasteiger partial charge >= 0.3 is 5.97 Å². The minimum atomic E-state index is -1.82. The fourth-order valence-corrected chi connectivity index (χ4v) is 3.06. The molecule has 0 spiro atoms. The molecule has 10 nitrogen and oxygen atoms in total. The molecule has 0 amide bonds. The van der Waals surface area contributed by atoms with Crippen LogP contribution in [0.5, 0.6) is 17.2 Å². The van der Waals surface area contributed by atoms with E-state index in [0.717, 1.165) is 6.07 Å². The van der Waals surface area contributed by atoms with Crippen molar-refractivity contribution in [1.82, 2.24) is 0 Å². The van der Waals surface area contributed by atoms with Crippen LogP contribution >= 0.6 is 0 Å². The third-order valence-electron chi connectivity index (χ3n) is 4.54. The molecular formula is C19H20O10. The predicted octanol–water partition coefficient (Wildman–Crippen LogP) is -0.573. The van der Waals surface area contributed by atoms with Gasteiger partial charge in [0.05, 0.1) is 6.61 Å². The van der Waals surface area contributed by atoms with Gasteiger partial charge in [-0.3, -0.25) is 0 Å². The van der Waals surface area contributed by atoms with Gasteiger partial charge in [0.1, 0.15) is 47.2 Å². The van der Waals surface area contributed by atoms with E-state index in [1.165, 1.54) is 30.3 Å². The summed E-state index contributed by atoms with van der Waals surface area (Å²) < 4.78 is 10.2. The first-order valence-corrected chi connectivity index (χ1v) is 8.59. The maximum Gasteiger partial charge on any atom is 0.344 e. The monoisotopic (exact) mass is 408 g/mol. The number of hydrogen-bond donors (Lipinski definition) is 7. The minimum Gasteiger partial charge on any atom is -0.508 e. The Morgan fingerprint density at radius 2 is 1.69 bits per heavy atom. The lowest BCUT2D eigenvalue weighted by atomic mass is 9.97. The average molecular weight is 408 g/mol. The van der Waals surface area contributed by atoms with Crippen molar-refractivity contribution < 1.29 is 50.0 Å². The van der Waals surface area contributed by atoms with Gasteiger partial charge < -0.3 is 45.2 Å². The van der Waals surface area contributed by atoms with E-state index in [2.05, 4.69) is 0 Å². The van der Waals surface area contributed by atoms with Crippen molar-refractivity contribution >= 4 is 5.97 Å². The van der Waals surface area contributed by atoms with Gasteiger partial charge in [0.15, 0.2) is 0 Å². The molecule has 1 heterocycles. The normalized spacial score (nSPS) is 26.8. The number of hydrogen-bond acceptors (Lipinski definition) is 10. The first-order valence-electron chi connectivity index (χ1n) is 8.59. The lowest BCUT2D eigenvalue weighted by Crippen LogP contribution is -2.59. The van der Waals surface area contributed by atoms with Crippen molar-refractivity contribution in [3.05, 3.63) is 42.0 Å². The SMILES string of the molecule is O=C(OC1OC(CO)C(O)C(O)C1O)c1c(O)cc(O)cc1-c1cccc(O)c1. The summed E-state index contributed by atoms with van der Waals surface area (Å²) in [5.41, 5.74) is -0.102. The summed E-state index contributed by atoms with van der Waals surface area (Å²) in [5.74, 6) is -2.30. The molecule has 1 aliphatic heterocycles. The van der Waals surface area contributed by atoms with Crippen LogP contribution in [-0.2, 0) is 9.47 Å². The zero-order valence-corrected chi connectivity index (χ0v) is 14.9. The molecule has 0 aromatic heterocycles. The van der Waals surface area contributed by atoms with Crippen LogP contribution in [0, 0.1) is 0 Å². The number of phenols is 3. The van der Waals surface area contributed by atoms with E-state index in [-0.39, 0.29) is 22.6 Å². The summed E-state index contributed by atoms with van der Waals surface area (Å²) in [6, 6.07) is 7.74. The zero-order chi connectivity index (χ0) is 21.3. The zero-order valence-electron chi connectivity index (χ0n) is 14.9. The van der Waals surface area contributed by atoms with Gasteiger partial charge in [-0.1, -0.05) is 12.1 Å².